The molecule has 29 heavy (non-hydrogen) atoms. The molecule has 0 aliphatic rings. The van der Waals surface area contributed by atoms with Crippen LogP contribution in [0.5, 0.6) is 11.5 Å². The SMILES string of the molecule is CCC/C=C(\c1c(O)c2c(OC)cccc2n(C)c1=O)N(CC)c1ccccc1. The zero-order valence-corrected chi connectivity index (χ0v) is 17.5. The summed E-state index contributed by atoms with van der Waals surface area (Å²) in [6, 6.07) is 15.3. The standard InChI is InChI=1S/C24H28N2O3/c1-5-7-14-19(26(6-2)17-12-9-8-10-13-17)22-23(27)21-18(25(3)24(22)28)15-11-16-20(21)29-4/h8-16,27H,5-7H2,1-4H3/b19-14+. The summed E-state index contributed by atoms with van der Waals surface area (Å²) in [4.78, 5) is 15.4. The van der Waals surface area contributed by atoms with E-state index in [0.29, 0.717) is 34.5 Å². The second-order valence-corrected chi connectivity index (χ2v) is 6.90. The zero-order chi connectivity index (χ0) is 21.0. The van der Waals surface area contributed by atoms with Gasteiger partial charge in [-0.25, -0.2) is 0 Å². The van der Waals surface area contributed by atoms with Gasteiger partial charge in [0.2, 0.25) is 0 Å². The van der Waals surface area contributed by atoms with E-state index in [2.05, 4.69) is 11.8 Å². The largest absolute Gasteiger partial charge is 0.506 e. The van der Waals surface area contributed by atoms with Crippen LogP contribution in [0, 0.1) is 0 Å². The van der Waals surface area contributed by atoms with Crippen molar-refractivity contribution < 1.29 is 9.84 Å². The van der Waals surface area contributed by atoms with E-state index < -0.39 is 0 Å². The van der Waals surface area contributed by atoms with Gasteiger partial charge in [-0.1, -0.05) is 43.7 Å². The van der Waals surface area contributed by atoms with Gasteiger partial charge < -0.3 is 19.3 Å². The van der Waals surface area contributed by atoms with Crippen LogP contribution in [0.2, 0.25) is 0 Å². The third-order valence-corrected chi connectivity index (χ3v) is 5.14. The van der Waals surface area contributed by atoms with Crippen LogP contribution < -0.4 is 15.2 Å². The summed E-state index contributed by atoms with van der Waals surface area (Å²) < 4.78 is 7.06. The average molecular weight is 392 g/mol. The number of anilines is 1. The zero-order valence-electron chi connectivity index (χ0n) is 17.5. The average Bonchev–Trinajstić information content (AvgIpc) is 2.76. The van der Waals surface area contributed by atoms with Crippen LogP contribution >= 0.6 is 0 Å². The number of pyridine rings is 1. The predicted octanol–water partition coefficient (Wildman–Crippen LogP) is 4.92. The molecule has 2 aromatic carbocycles. The van der Waals surface area contributed by atoms with Gasteiger partial charge in [-0.15, -0.1) is 0 Å². The van der Waals surface area contributed by atoms with Gasteiger partial charge in [0.05, 0.1) is 23.7 Å². The Kier molecular flexibility index (Phi) is 6.27. The van der Waals surface area contributed by atoms with Crippen molar-refractivity contribution in [2.75, 3.05) is 18.6 Å². The van der Waals surface area contributed by atoms with E-state index in [-0.39, 0.29) is 11.3 Å². The Balaban J connectivity index is 2.36. The van der Waals surface area contributed by atoms with Crippen LogP contribution in [0.25, 0.3) is 16.6 Å². The van der Waals surface area contributed by atoms with Crippen molar-refractivity contribution in [2.45, 2.75) is 26.7 Å². The summed E-state index contributed by atoms with van der Waals surface area (Å²) >= 11 is 0. The number of ether oxygens (including phenoxy) is 1. The highest BCUT2D eigenvalue weighted by Crippen LogP contribution is 2.38. The lowest BCUT2D eigenvalue weighted by Crippen LogP contribution is -2.28. The molecule has 0 fully saturated rings. The second-order valence-electron chi connectivity index (χ2n) is 6.90. The summed E-state index contributed by atoms with van der Waals surface area (Å²) in [5.74, 6) is 0.492. The molecule has 0 saturated heterocycles. The number of allylic oxidation sites excluding steroid dienone is 1. The van der Waals surface area contributed by atoms with Gasteiger partial charge in [-0.2, -0.15) is 0 Å². The molecule has 3 rings (SSSR count). The lowest BCUT2D eigenvalue weighted by Gasteiger charge is -2.27. The Bertz CT molecular complexity index is 1080. The van der Waals surface area contributed by atoms with Gasteiger partial charge in [0, 0.05) is 19.3 Å². The molecule has 0 aliphatic heterocycles. The lowest BCUT2D eigenvalue weighted by molar-refractivity contribution is 0.415. The maximum Gasteiger partial charge on any atom is 0.263 e. The Morgan fingerprint density at radius 2 is 1.86 bits per heavy atom. The molecule has 0 saturated carbocycles. The Hall–Kier alpha value is -3.21. The minimum atomic E-state index is -0.236. The van der Waals surface area contributed by atoms with Crippen molar-refractivity contribution in [1.29, 1.82) is 0 Å². The van der Waals surface area contributed by atoms with Crippen molar-refractivity contribution in [3.05, 3.63) is 70.5 Å². The quantitative estimate of drug-likeness (QED) is 0.620. The summed E-state index contributed by atoms with van der Waals surface area (Å²) in [5, 5.41) is 11.8. The molecule has 0 radical (unpaired) electrons. The van der Waals surface area contributed by atoms with E-state index in [9.17, 15) is 9.90 Å². The Morgan fingerprint density at radius 3 is 2.48 bits per heavy atom. The first-order valence-electron chi connectivity index (χ1n) is 9.96. The van der Waals surface area contributed by atoms with Crippen molar-refractivity contribution in [3.63, 3.8) is 0 Å². The van der Waals surface area contributed by atoms with E-state index in [1.54, 1.807) is 24.8 Å². The molecule has 0 bridgehead atoms. The minimum absolute atomic E-state index is 0.0442. The Labute approximate surface area is 171 Å². The van der Waals surface area contributed by atoms with Crippen LogP contribution in [-0.2, 0) is 7.05 Å². The van der Waals surface area contributed by atoms with Crippen molar-refractivity contribution in [2.24, 2.45) is 7.05 Å². The van der Waals surface area contributed by atoms with Crippen LogP contribution in [0.3, 0.4) is 0 Å². The number of hydrogen-bond acceptors (Lipinski definition) is 4. The molecule has 3 aromatic rings. The first kappa shape index (κ1) is 20.5. The second kappa shape index (κ2) is 8.86. The highest BCUT2D eigenvalue weighted by Gasteiger charge is 2.24. The molecule has 152 valence electrons. The topological polar surface area (TPSA) is 54.7 Å². The monoisotopic (exact) mass is 392 g/mol. The molecule has 1 heterocycles. The van der Waals surface area contributed by atoms with E-state index in [1.165, 1.54) is 0 Å². The molecule has 0 aliphatic carbocycles. The molecule has 5 nitrogen and oxygen atoms in total. The normalized spacial score (nSPS) is 11.7. The number of aromatic hydroxyl groups is 1. The molecular formula is C24H28N2O3. The fourth-order valence-corrected chi connectivity index (χ4v) is 3.67. The van der Waals surface area contributed by atoms with Gasteiger partial charge in [0.15, 0.2) is 0 Å². The number of hydrogen-bond donors (Lipinski definition) is 1. The van der Waals surface area contributed by atoms with Gasteiger partial charge in [-0.3, -0.25) is 4.79 Å². The van der Waals surface area contributed by atoms with Gasteiger partial charge in [0.1, 0.15) is 17.1 Å². The van der Waals surface area contributed by atoms with E-state index in [1.807, 2.05) is 55.5 Å². The number of rotatable bonds is 7. The summed E-state index contributed by atoms with van der Waals surface area (Å²) in [7, 11) is 3.29. The van der Waals surface area contributed by atoms with Crippen LogP contribution in [0.15, 0.2) is 59.4 Å². The number of fused-ring (bicyclic) bond motifs is 1. The number of benzene rings is 2. The molecule has 0 amide bonds. The van der Waals surface area contributed by atoms with Crippen molar-refractivity contribution in [1.82, 2.24) is 4.57 Å². The van der Waals surface area contributed by atoms with Gasteiger partial charge in [-0.05, 0) is 37.6 Å². The number of unbranched alkanes of at least 4 members (excludes halogenated alkanes) is 1. The minimum Gasteiger partial charge on any atom is -0.506 e. The molecule has 0 unspecified atom stereocenters. The highest BCUT2D eigenvalue weighted by atomic mass is 16.5. The Morgan fingerprint density at radius 1 is 1.14 bits per heavy atom. The van der Waals surface area contributed by atoms with E-state index in [0.717, 1.165) is 18.5 Å². The summed E-state index contributed by atoms with van der Waals surface area (Å²) in [6.45, 7) is 4.79. The highest BCUT2D eigenvalue weighted by molar-refractivity contribution is 5.96. The van der Waals surface area contributed by atoms with Crippen LogP contribution in [0.4, 0.5) is 5.69 Å². The van der Waals surface area contributed by atoms with Crippen LogP contribution in [-0.4, -0.2) is 23.3 Å². The van der Waals surface area contributed by atoms with Crippen molar-refractivity contribution in [3.8, 4) is 11.5 Å². The maximum absolute atomic E-state index is 13.4. The number of methoxy groups -OCH3 is 1. The first-order chi connectivity index (χ1) is 14.0. The number of aryl methyl sites for hydroxylation is 1. The smallest absolute Gasteiger partial charge is 0.263 e. The van der Waals surface area contributed by atoms with E-state index in [4.69, 9.17) is 4.74 Å². The lowest BCUT2D eigenvalue weighted by atomic mass is 10.0. The van der Waals surface area contributed by atoms with Gasteiger partial charge in [0.25, 0.3) is 5.56 Å². The van der Waals surface area contributed by atoms with E-state index >= 15 is 0 Å². The predicted molar refractivity (Wildman–Crippen MR) is 120 cm³/mol. The molecule has 0 spiro atoms. The number of aromatic nitrogens is 1. The number of nitrogens with zero attached hydrogens (tertiary/aromatic N) is 2. The number of para-hydroxylation sites is 1. The third-order valence-electron chi connectivity index (χ3n) is 5.14. The summed E-state index contributed by atoms with van der Waals surface area (Å²) in [6.07, 6.45) is 3.77. The summed E-state index contributed by atoms with van der Waals surface area (Å²) in [5.41, 5.74) is 2.38. The molecule has 0 atom stereocenters. The fraction of sp³-hybridized carbons (Fsp3) is 0.292. The molecule has 1 N–H and O–H groups in total. The molecular weight excluding hydrogens is 364 g/mol. The van der Waals surface area contributed by atoms with Crippen LogP contribution in [0.1, 0.15) is 32.3 Å². The fourth-order valence-electron chi connectivity index (χ4n) is 3.67. The third kappa shape index (κ3) is 3.73. The molecule has 1 aromatic heterocycles. The van der Waals surface area contributed by atoms with Crippen molar-refractivity contribution >= 4 is 22.3 Å². The van der Waals surface area contributed by atoms with Gasteiger partial charge >= 0.3 is 0 Å². The molecule has 5 heteroatoms. The maximum atomic E-state index is 13.4. The first-order valence-corrected chi connectivity index (χ1v) is 9.96.